The number of ether oxygens (including phenoxy) is 1. The van der Waals surface area contributed by atoms with Crippen LogP contribution in [0.5, 0.6) is 0 Å². The van der Waals surface area contributed by atoms with Crippen molar-refractivity contribution in [1.29, 1.82) is 0 Å². The maximum Gasteiger partial charge on any atom is 0.338 e. The zero-order valence-corrected chi connectivity index (χ0v) is 21.8. The van der Waals surface area contributed by atoms with Crippen LogP contribution in [0, 0.1) is 10.1 Å². The van der Waals surface area contributed by atoms with Crippen LogP contribution in [0.1, 0.15) is 31.0 Å². The molecular formula is C26H23N5O6S. The maximum atomic E-state index is 13.7. The molecule has 0 fully saturated rings. The van der Waals surface area contributed by atoms with Gasteiger partial charge in [0, 0.05) is 26.2 Å². The third-order valence-electron chi connectivity index (χ3n) is 6.53. The van der Waals surface area contributed by atoms with Crippen LogP contribution >= 0.6 is 11.3 Å². The lowest BCUT2D eigenvalue weighted by Crippen LogP contribution is -2.39. The van der Waals surface area contributed by atoms with E-state index in [0.29, 0.717) is 20.6 Å². The molecule has 3 heterocycles. The van der Waals surface area contributed by atoms with Crippen LogP contribution in [0.25, 0.3) is 17.1 Å². The van der Waals surface area contributed by atoms with Crippen LogP contribution in [0.2, 0.25) is 0 Å². The molecule has 12 heteroatoms. The van der Waals surface area contributed by atoms with Gasteiger partial charge in [0.15, 0.2) is 4.80 Å². The normalized spacial score (nSPS) is 15.5. The monoisotopic (exact) mass is 533 g/mol. The highest BCUT2D eigenvalue weighted by Crippen LogP contribution is 2.31. The molecule has 1 aliphatic rings. The van der Waals surface area contributed by atoms with Crippen molar-refractivity contribution in [1.82, 2.24) is 13.7 Å². The summed E-state index contributed by atoms with van der Waals surface area (Å²) in [6.45, 7) is 3.49. The lowest BCUT2D eigenvalue weighted by Gasteiger charge is -2.24. The number of aromatic nitrogens is 3. The van der Waals surface area contributed by atoms with E-state index in [0.717, 1.165) is 16.6 Å². The predicted molar refractivity (Wildman–Crippen MR) is 142 cm³/mol. The molecule has 194 valence electrons. The van der Waals surface area contributed by atoms with E-state index in [1.54, 1.807) is 38.6 Å². The fourth-order valence-corrected chi connectivity index (χ4v) is 5.70. The topological polar surface area (TPSA) is 131 Å². The van der Waals surface area contributed by atoms with Gasteiger partial charge in [0.25, 0.3) is 11.2 Å². The van der Waals surface area contributed by atoms with Crippen LogP contribution in [-0.4, -0.2) is 31.2 Å². The van der Waals surface area contributed by atoms with Crippen molar-refractivity contribution < 1.29 is 14.5 Å². The van der Waals surface area contributed by atoms with Crippen molar-refractivity contribution in [3.8, 4) is 0 Å². The Morgan fingerprint density at radius 2 is 1.82 bits per heavy atom. The van der Waals surface area contributed by atoms with Gasteiger partial charge in [-0.25, -0.2) is 14.6 Å². The third-order valence-corrected chi connectivity index (χ3v) is 7.51. The molecule has 0 unspecified atom stereocenters. The second kappa shape index (κ2) is 9.38. The van der Waals surface area contributed by atoms with Gasteiger partial charge in [0.05, 0.1) is 44.4 Å². The molecule has 5 rings (SSSR count). The number of allylic oxidation sites excluding steroid dienone is 1. The van der Waals surface area contributed by atoms with Crippen LogP contribution in [0.15, 0.2) is 68.3 Å². The SMILES string of the molecule is CCOC(=O)C1=C(C)N=c2s/c(=C\c3ccc4c(c3)n(C)c(=O)n4C)c(=O)n2[C@H]1c1ccc([N+](=O)[O-])cc1. The predicted octanol–water partition coefficient (Wildman–Crippen LogP) is 1.90. The molecule has 4 aromatic rings. The second-order valence-electron chi connectivity index (χ2n) is 8.80. The first kappa shape index (κ1) is 25.1. The van der Waals surface area contributed by atoms with Crippen molar-refractivity contribution in [2.24, 2.45) is 19.1 Å². The van der Waals surface area contributed by atoms with Gasteiger partial charge >= 0.3 is 11.7 Å². The summed E-state index contributed by atoms with van der Waals surface area (Å²) >= 11 is 1.17. The Bertz CT molecular complexity index is 1910. The van der Waals surface area contributed by atoms with E-state index < -0.39 is 16.9 Å². The number of imidazole rings is 1. The van der Waals surface area contributed by atoms with Crippen LogP contribution in [-0.2, 0) is 23.6 Å². The van der Waals surface area contributed by atoms with Crippen molar-refractivity contribution in [3.63, 3.8) is 0 Å². The number of hydrogen-bond donors (Lipinski definition) is 0. The summed E-state index contributed by atoms with van der Waals surface area (Å²) in [6.07, 6.45) is 1.72. The summed E-state index contributed by atoms with van der Waals surface area (Å²) in [7, 11) is 3.39. The van der Waals surface area contributed by atoms with E-state index >= 15 is 0 Å². The van der Waals surface area contributed by atoms with Gasteiger partial charge in [-0.05, 0) is 55.3 Å². The number of non-ortho nitro benzene ring substituents is 1. The van der Waals surface area contributed by atoms with Crippen molar-refractivity contribution in [2.45, 2.75) is 19.9 Å². The van der Waals surface area contributed by atoms with Gasteiger partial charge in [0.1, 0.15) is 0 Å². The zero-order chi connectivity index (χ0) is 27.3. The Labute approximate surface area is 219 Å². The minimum absolute atomic E-state index is 0.106. The Balaban J connectivity index is 1.71. The van der Waals surface area contributed by atoms with E-state index in [-0.39, 0.29) is 29.1 Å². The highest BCUT2D eigenvalue weighted by atomic mass is 32.1. The number of benzene rings is 2. The number of hydrogen-bond acceptors (Lipinski definition) is 8. The zero-order valence-electron chi connectivity index (χ0n) is 21.0. The van der Waals surface area contributed by atoms with Gasteiger partial charge in [-0.3, -0.25) is 28.6 Å². The minimum Gasteiger partial charge on any atom is -0.463 e. The summed E-state index contributed by atoms with van der Waals surface area (Å²) in [6, 6.07) is 10.3. The summed E-state index contributed by atoms with van der Waals surface area (Å²) in [5, 5.41) is 11.2. The maximum absolute atomic E-state index is 13.7. The highest BCUT2D eigenvalue weighted by Gasteiger charge is 2.33. The molecule has 11 nitrogen and oxygen atoms in total. The van der Waals surface area contributed by atoms with Crippen LogP contribution in [0.3, 0.4) is 0 Å². The van der Waals surface area contributed by atoms with Crippen molar-refractivity contribution in [2.75, 3.05) is 6.61 Å². The Morgan fingerprint density at radius 3 is 2.47 bits per heavy atom. The lowest BCUT2D eigenvalue weighted by atomic mass is 9.95. The number of esters is 1. The largest absolute Gasteiger partial charge is 0.463 e. The molecule has 0 saturated carbocycles. The van der Waals surface area contributed by atoms with E-state index in [4.69, 9.17) is 4.74 Å². The molecule has 0 saturated heterocycles. The molecular weight excluding hydrogens is 510 g/mol. The van der Waals surface area contributed by atoms with Crippen molar-refractivity contribution in [3.05, 3.63) is 105 Å². The summed E-state index contributed by atoms with van der Waals surface area (Å²) < 4.78 is 10.2. The van der Waals surface area contributed by atoms with E-state index in [2.05, 4.69) is 4.99 Å². The second-order valence-corrected chi connectivity index (χ2v) is 9.81. The fourth-order valence-electron chi connectivity index (χ4n) is 4.65. The summed E-state index contributed by atoms with van der Waals surface area (Å²) in [5.41, 5.74) is 2.70. The number of fused-ring (bicyclic) bond motifs is 2. The fraction of sp³-hybridized carbons (Fsp3) is 0.231. The molecule has 0 N–H and O–H groups in total. The molecule has 0 spiro atoms. The molecule has 1 aliphatic heterocycles. The minimum atomic E-state index is -0.870. The number of carbonyl (C=O) groups is 1. The number of rotatable bonds is 5. The van der Waals surface area contributed by atoms with E-state index in [9.17, 15) is 24.5 Å². The number of nitro groups is 1. The van der Waals surface area contributed by atoms with Gasteiger partial charge in [0.2, 0.25) is 0 Å². The number of carbonyl (C=O) groups excluding carboxylic acids is 1. The first-order valence-corrected chi connectivity index (χ1v) is 12.5. The van der Waals surface area contributed by atoms with E-state index in [1.165, 1.54) is 44.7 Å². The van der Waals surface area contributed by atoms with Gasteiger partial charge in [-0.15, -0.1) is 0 Å². The Hall–Kier alpha value is -4.58. The summed E-state index contributed by atoms with van der Waals surface area (Å²) in [5.74, 6) is -0.609. The van der Waals surface area contributed by atoms with Gasteiger partial charge in [-0.1, -0.05) is 17.4 Å². The molecule has 0 aliphatic carbocycles. The number of thiazole rings is 1. The first-order chi connectivity index (χ1) is 18.1. The van der Waals surface area contributed by atoms with Crippen LogP contribution in [0.4, 0.5) is 5.69 Å². The lowest BCUT2D eigenvalue weighted by molar-refractivity contribution is -0.384. The summed E-state index contributed by atoms with van der Waals surface area (Å²) in [4.78, 5) is 54.6. The highest BCUT2D eigenvalue weighted by molar-refractivity contribution is 7.07. The number of nitrogens with zero attached hydrogens (tertiary/aromatic N) is 5. The Morgan fingerprint density at radius 1 is 1.13 bits per heavy atom. The average Bonchev–Trinajstić information content (AvgIpc) is 3.31. The average molecular weight is 534 g/mol. The molecule has 1 atom stereocenters. The molecule has 0 amide bonds. The Kier molecular flexibility index (Phi) is 6.19. The van der Waals surface area contributed by atoms with Crippen LogP contribution < -0.4 is 20.6 Å². The number of aryl methyl sites for hydroxylation is 2. The molecule has 2 aromatic heterocycles. The first-order valence-electron chi connectivity index (χ1n) is 11.7. The smallest absolute Gasteiger partial charge is 0.338 e. The third kappa shape index (κ3) is 3.98. The van der Waals surface area contributed by atoms with Gasteiger partial charge in [-0.2, -0.15) is 0 Å². The molecule has 2 aromatic carbocycles. The van der Waals surface area contributed by atoms with E-state index in [1.807, 2.05) is 18.2 Å². The molecule has 0 bridgehead atoms. The molecule has 38 heavy (non-hydrogen) atoms. The number of nitro benzene ring substituents is 1. The standard InChI is InChI=1S/C26H23N5O6S/c1-5-37-24(33)21-14(2)27-25-30(22(21)16-7-9-17(10-8-16)31(35)36)23(32)20(38-25)13-15-6-11-18-19(12-15)29(4)26(34)28(18)3/h6-13,22H,5H2,1-4H3/b20-13-/t22-/m0/s1. The van der Waals surface area contributed by atoms with Crippen molar-refractivity contribution >= 4 is 40.1 Å². The molecule has 0 radical (unpaired) electrons. The quantitative estimate of drug-likeness (QED) is 0.219. The van der Waals surface area contributed by atoms with Gasteiger partial charge < -0.3 is 4.74 Å².